The van der Waals surface area contributed by atoms with Crippen LogP contribution < -0.4 is 4.90 Å². The third-order valence-electron chi connectivity index (χ3n) is 11.0. The lowest BCUT2D eigenvalue weighted by Crippen LogP contribution is -2.30. The lowest BCUT2D eigenvalue weighted by Gasteiger charge is -2.36. The predicted molar refractivity (Wildman–Crippen MR) is 220 cm³/mol. The number of fused-ring (bicyclic) bond motifs is 3. The zero-order chi connectivity index (χ0) is 35.1. The Labute approximate surface area is 307 Å². The number of hydrogen-bond acceptors (Lipinski definition) is 1. The van der Waals surface area contributed by atoms with Crippen molar-refractivity contribution in [2.75, 3.05) is 4.90 Å². The van der Waals surface area contributed by atoms with Gasteiger partial charge in [0, 0.05) is 17.1 Å². The van der Waals surface area contributed by atoms with E-state index in [0.717, 1.165) is 29.9 Å². The maximum atomic E-state index is 2.48. The van der Waals surface area contributed by atoms with E-state index in [2.05, 4.69) is 207 Å². The number of hydrogen-bond donors (Lipinski definition) is 0. The van der Waals surface area contributed by atoms with Gasteiger partial charge >= 0.3 is 0 Å². The zero-order valence-corrected chi connectivity index (χ0v) is 29.8. The molecule has 1 heteroatoms. The summed E-state index contributed by atoms with van der Waals surface area (Å²) < 4.78 is 0. The van der Waals surface area contributed by atoms with Crippen molar-refractivity contribution in [3.8, 4) is 33.4 Å². The molecule has 0 radical (unpaired) electrons. The Balaban J connectivity index is 1.12. The molecular weight excluding hydrogens is 627 g/mol. The Hall–Kier alpha value is -6.18. The van der Waals surface area contributed by atoms with Crippen molar-refractivity contribution in [2.45, 2.75) is 32.1 Å². The summed E-state index contributed by atoms with van der Waals surface area (Å²) in [5.41, 5.74) is 18.7. The van der Waals surface area contributed by atoms with Gasteiger partial charge in [0.1, 0.15) is 0 Å². The van der Waals surface area contributed by atoms with Crippen molar-refractivity contribution < 1.29 is 0 Å². The van der Waals surface area contributed by atoms with Crippen LogP contribution in [0.3, 0.4) is 0 Å². The topological polar surface area (TPSA) is 3.24 Å². The SMILES string of the molecule is Cc1cc(C2(C3=CCCC=C3)c3ccccc3-c3ccccc32)cc(C)c1-c1ccc(N(c2ccccc2)c2ccc(-c3ccccc3)cc2)cc1. The summed E-state index contributed by atoms with van der Waals surface area (Å²) in [5, 5.41) is 0. The van der Waals surface area contributed by atoms with E-state index >= 15 is 0 Å². The van der Waals surface area contributed by atoms with E-state index in [1.54, 1.807) is 0 Å². The highest BCUT2D eigenvalue weighted by Crippen LogP contribution is 2.57. The van der Waals surface area contributed by atoms with Gasteiger partial charge < -0.3 is 4.90 Å². The molecule has 0 unspecified atom stereocenters. The highest BCUT2D eigenvalue weighted by molar-refractivity contribution is 5.88. The molecular formula is C51H41N. The molecule has 7 aromatic rings. The van der Waals surface area contributed by atoms with Gasteiger partial charge in [0.25, 0.3) is 0 Å². The third kappa shape index (κ3) is 5.24. The van der Waals surface area contributed by atoms with Gasteiger partial charge in [-0.05, 0) is 130 Å². The minimum absolute atomic E-state index is 0.353. The molecule has 52 heavy (non-hydrogen) atoms. The molecule has 0 atom stereocenters. The second-order valence-corrected chi connectivity index (χ2v) is 14.1. The number of rotatable bonds is 7. The molecule has 0 amide bonds. The van der Waals surface area contributed by atoms with Crippen LogP contribution in [0.2, 0.25) is 0 Å². The lowest BCUT2D eigenvalue weighted by atomic mass is 9.65. The van der Waals surface area contributed by atoms with Crippen LogP contribution in [0.4, 0.5) is 17.1 Å². The summed E-state index contributed by atoms with van der Waals surface area (Å²) in [6, 6.07) is 62.2. The fourth-order valence-electron chi connectivity index (χ4n) is 8.79. The van der Waals surface area contributed by atoms with Crippen molar-refractivity contribution in [1.82, 2.24) is 0 Å². The Morgan fingerprint density at radius 2 is 0.942 bits per heavy atom. The monoisotopic (exact) mass is 667 g/mol. The summed E-state index contributed by atoms with van der Waals surface area (Å²) in [6.45, 7) is 4.58. The van der Waals surface area contributed by atoms with Crippen LogP contribution in [0.15, 0.2) is 194 Å². The molecule has 0 fully saturated rings. The molecule has 2 aliphatic rings. The number of aryl methyl sites for hydroxylation is 2. The van der Waals surface area contributed by atoms with E-state index < -0.39 is 0 Å². The van der Waals surface area contributed by atoms with Crippen molar-refractivity contribution in [3.05, 3.63) is 221 Å². The number of anilines is 3. The standard InChI is InChI=1S/C51H41N/c1-36-34-42(51(41-18-8-4-9-19-41)48-24-14-12-22-46(48)47-23-13-15-25-49(47)51)35-37(2)50(36)40-28-32-45(33-29-40)52(43-20-10-5-11-21-43)44-30-26-39(27-31-44)38-16-6-3-7-17-38/h3,5-8,10-35H,4,9H2,1-2H3. The molecule has 0 aliphatic heterocycles. The van der Waals surface area contributed by atoms with Crippen LogP contribution in [0, 0.1) is 13.8 Å². The second kappa shape index (κ2) is 13.2. The third-order valence-corrected chi connectivity index (χ3v) is 11.0. The van der Waals surface area contributed by atoms with Gasteiger partial charge in [-0.2, -0.15) is 0 Å². The van der Waals surface area contributed by atoms with Crippen molar-refractivity contribution in [2.24, 2.45) is 0 Å². The highest BCUT2D eigenvalue weighted by Gasteiger charge is 2.46. The highest BCUT2D eigenvalue weighted by atomic mass is 15.1. The van der Waals surface area contributed by atoms with Crippen LogP contribution in [0.1, 0.15) is 40.7 Å². The maximum absolute atomic E-state index is 2.48. The number of benzene rings is 7. The molecule has 0 N–H and O–H groups in total. The molecule has 0 aromatic heterocycles. The molecule has 1 nitrogen and oxygen atoms in total. The normalized spacial score (nSPS) is 14.0. The first-order valence-electron chi connectivity index (χ1n) is 18.4. The molecule has 2 aliphatic carbocycles. The van der Waals surface area contributed by atoms with Crippen LogP contribution in [0.5, 0.6) is 0 Å². The van der Waals surface area contributed by atoms with Gasteiger partial charge in [-0.25, -0.2) is 0 Å². The summed E-state index contributed by atoms with van der Waals surface area (Å²) in [6.07, 6.45) is 9.37. The van der Waals surface area contributed by atoms with Crippen LogP contribution in [0.25, 0.3) is 33.4 Å². The quantitative estimate of drug-likeness (QED) is 0.164. The number of allylic oxidation sites excluding steroid dienone is 4. The molecule has 0 saturated heterocycles. The molecule has 7 aromatic carbocycles. The van der Waals surface area contributed by atoms with E-state index in [0.29, 0.717) is 0 Å². The Morgan fingerprint density at radius 1 is 0.462 bits per heavy atom. The van der Waals surface area contributed by atoms with Gasteiger partial charge in [-0.15, -0.1) is 0 Å². The van der Waals surface area contributed by atoms with Gasteiger partial charge in [-0.1, -0.05) is 152 Å². The lowest BCUT2D eigenvalue weighted by molar-refractivity contribution is 0.749. The van der Waals surface area contributed by atoms with E-state index in [1.165, 1.54) is 66.8 Å². The Bertz CT molecular complexity index is 2380. The fraction of sp³-hybridized carbons (Fsp3) is 0.0980. The fourth-order valence-corrected chi connectivity index (χ4v) is 8.79. The van der Waals surface area contributed by atoms with Gasteiger partial charge in [0.15, 0.2) is 0 Å². The summed E-state index contributed by atoms with van der Waals surface area (Å²) in [4.78, 5) is 2.34. The van der Waals surface area contributed by atoms with Crippen LogP contribution >= 0.6 is 0 Å². The second-order valence-electron chi connectivity index (χ2n) is 14.1. The Morgan fingerprint density at radius 3 is 1.50 bits per heavy atom. The number of para-hydroxylation sites is 1. The summed E-state index contributed by atoms with van der Waals surface area (Å²) in [7, 11) is 0. The first-order valence-corrected chi connectivity index (χ1v) is 18.4. The smallest absolute Gasteiger partial charge is 0.0710 e. The summed E-state index contributed by atoms with van der Waals surface area (Å²) in [5.74, 6) is 0. The maximum Gasteiger partial charge on any atom is 0.0710 e. The van der Waals surface area contributed by atoms with Crippen molar-refractivity contribution in [3.63, 3.8) is 0 Å². The predicted octanol–water partition coefficient (Wildman–Crippen LogP) is 13.7. The Kier molecular flexibility index (Phi) is 8.05. The first kappa shape index (κ1) is 31.8. The minimum Gasteiger partial charge on any atom is -0.311 e. The molecule has 250 valence electrons. The first-order chi connectivity index (χ1) is 25.6. The average Bonchev–Trinajstić information content (AvgIpc) is 3.51. The largest absolute Gasteiger partial charge is 0.311 e. The molecule has 0 spiro atoms. The van der Waals surface area contributed by atoms with Gasteiger partial charge in [0.2, 0.25) is 0 Å². The van der Waals surface area contributed by atoms with Gasteiger partial charge in [0.05, 0.1) is 5.41 Å². The number of nitrogens with zero attached hydrogens (tertiary/aromatic N) is 1. The van der Waals surface area contributed by atoms with E-state index in [-0.39, 0.29) is 5.41 Å². The molecule has 0 bridgehead atoms. The van der Waals surface area contributed by atoms with E-state index in [4.69, 9.17) is 0 Å². The van der Waals surface area contributed by atoms with Crippen LogP contribution in [-0.2, 0) is 5.41 Å². The zero-order valence-electron chi connectivity index (χ0n) is 29.8. The van der Waals surface area contributed by atoms with E-state index in [9.17, 15) is 0 Å². The van der Waals surface area contributed by atoms with E-state index in [1.807, 2.05) is 0 Å². The molecule has 0 saturated carbocycles. The van der Waals surface area contributed by atoms with Crippen LogP contribution in [-0.4, -0.2) is 0 Å². The van der Waals surface area contributed by atoms with Crippen molar-refractivity contribution in [1.29, 1.82) is 0 Å². The minimum atomic E-state index is -0.353. The average molecular weight is 668 g/mol. The van der Waals surface area contributed by atoms with Gasteiger partial charge in [-0.3, -0.25) is 0 Å². The van der Waals surface area contributed by atoms with Crippen molar-refractivity contribution >= 4 is 17.1 Å². The summed E-state index contributed by atoms with van der Waals surface area (Å²) >= 11 is 0. The molecule has 9 rings (SSSR count). The molecule has 0 heterocycles.